The van der Waals surface area contributed by atoms with Crippen molar-refractivity contribution in [3.8, 4) is 0 Å². The van der Waals surface area contributed by atoms with Crippen LogP contribution in [-0.4, -0.2) is 34.6 Å². The molecule has 1 unspecified atom stereocenters. The second-order valence-electron chi connectivity index (χ2n) is 4.55. The van der Waals surface area contributed by atoms with Crippen molar-refractivity contribution >= 4 is 0 Å². The second-order valence-corrected chi connectivity index (χ2v) is 4.55. The number of aliphatic hydroxyl groups excluding tert-OH is 1. The molecule has 0 radical (unpaired) electrons. The van der Waals surface area contributed by atoms with Crippen molar-refractivity contribution in [2.75, 3.05) is 19.6 Å². The van der Waals surface area contributed by atoms with E-state index in [0.29, 0.717) is 12.1 Å². The summed E-state index contributed by atoms with van der Waals surface area (Å²) in [4.78, 5) is 6.24. The van der Waals surface area contributed by atoms with E-state index in [2.05, 4.69) is 23.7 Å². The van der Waals surface area contributed by atoms with Crippen LogP contribution in [0.1, 0.15) is 44.9 Å². The summed E-state index contributed by atoms with van der Waals surface area (Å²) in [7, 11) is 0. The maximum Gasteiger partial charge on any atom is 0.141 e. The fraction of sp³-hybridized carbons (Fsp3) is 0.643. The predicted molar refractivity (Wildman–Crippen MR) is 70.8 cm³/mol. The third-order valence-corrected chi connectivity index (χ3v) is 2.89. The molecule has 1 aromatic rings. The molecule has 0 aliphatic rings. The van der Waals surface area contributed by atoms with E-state index in [1.807, 2.05) is 0 Å². The average molecular weight is 254 g/mol. The van der Waals surface area contributed by atoms with Gasteiger partial charge < -0.3 is 10.0 Å². The zero-order chi connectivity index (χ0) is 13.4. The maximum absolute atomic E-state index is 12.7. The smallest absolute Gasteiger partial charge is 0.141 e. The lowest BCUT2D eigenvalue weighted by atomic mass is 10.1. The van der Waals surface area contributed by atoms with Crippen LogP contribution in [0.3, 0.4) is 0 Å². The summed E-state index contributed by atoms with van der Waals surface area (Å²) in [6.07, 6.45) is 3.41. The molecule has 0 saturated carbocycles. The summed E-state index contributed by atoms with van der Waals surface area (Å²) in [5.41, 5.74) is 0.546. The van der Waals surface area contributed by atoms with Crippen LogP contribution in [0, 0.1) is 5.82 Å². The highest BCUT2D eigenvalue weighted by Crippen LogP contribution is 2.15. The molecule has 0 saturated heterocycles. The van der Waals surface area contributed by atoms with Gasteiger partial charge in [-0.1, -0.05) is 13.8 Å². The first-order valence-electron chi connectivity index (χ1n) is 6.69. The number of nitrogens with zero attached hydrogens (tertiary/aromatic N) is 2. The summed E-state index contributed by atoms with van der Waals surface area (Å²) in [5.74, 6) is -0.371. The molecule has 3 nitrogen and oxygen atoms in total. The van der Waals surface area contributed by atoms with Crippen molar-refractivity contribution in [3.05, 3.63) is 29.8 Å². The first-order valence-corrected chi connectivity index (χ1v) is 6.69. The zero-order valence-corrected chi connectivity index (χ0v) is 11.3. The summed E-state index contributed by atoms with van der Waals surface area (Å²) in [5, 5.41) is 9.99. The van der Waals surface area contributed by atoms with Crippen LogP contribution in [0.5, 0.6) is 0 Å². The number of aliphatic hydroxyl groups is 1. The van der Waals surface area contributed by atoms with Gasteiger partial charge in [0.2, 0.25) is 0 Å². The van der Waals surface area contributed by atoms with Crippen molar-refractivity contribution < 1.29 is 9.50 Å². The molecule has 0 aromatic carbocycles. The van der Waals surface area contributed by atoms with E-state index in [1.54, 1.807) is 6.07 Å². The first-order chi connectivity index (χ1) is 8.67. The molecule has 1 heterocycles. The summed E-state index contributed by atoms with van der Waals surface area (Å²) in [6.45, 7) is 7.26. The van der Waals surface area contributed by atoms with Crippen molar-refractivity contribution in [2.45, 2.75) is 39.2 Å². The fourth-order valence-electron chi connectivity index (χ4n) is 2.00. The topological polar surface area (TPSA) is 36.4 Å². The Morgan fingerprint density at radius 3 is 2.39 bits per heavy atom. The molecular formula is C14H23FN2O. The SMILES string of the molecule is CCCN(CCC)CCC(O)c1ccc(F)cn1. The number of hydrogen-bond donors (Lipinski definition) is 1. The van der Waals surface area contributed by atoms with Gasteiger partial charge in [0.1, 0.15) is 5.82 Å². The number of halogens is 1. The van der Waals surface area contributed by atoms with Crippen LogP contribution >= 0.6 is 0 Å². The van der Waals surface area contributed by atoms with Gasteiger partial charge >= 0.3 is 0 Å². The molecule has 0 aliphatic heterocycles. The Morgan fingerprint density at radius 1 is 1.22 bits per heavy atom. The lowest BCUT2D eigenvalue weighted by molar-refractivity contribution is 0.138. The summed E-state index contributed by atoms with van der Waals surface area (Å²) in [6, 6.07) is 2.88. The van der Waals surface area contributed by atoms with Crippen molar-refractivity contribution in [1.82, 2.24) is 9.88 Å². The highest BCUT2D eigenvalue weighted by Gasteiger charge is 2.11. The maximum atomic E-state index is 12.7. The van der Waals surface area contributed by atoms with Crippen LogP contribution < -0.4 is 0 Å². The van der Waals surface area contributed by atoms with Gasteiger partial charge in [-0.05, 0) is 44.5 Å². The largest absolute Gasteiger partial charge is 0.387 e. The summed E-state index contributed by atoms with van der Waals surface area (Å²) < 4.78 is 12.7. The van der Waals surface area contributed by atoms with E-state index < -0.39 is 6.10 Å². The molecule has 1 rings (SSSR count). The van der Waals surface area contributed by atoms with Crippen LogP contribution in [0.2, 0.25) is 0 Å². The molecule has 18 heavy (non-hydrogen) atoms. The van der Waals surface area contributed by atoms with E-state index in [9.17, 15) is 9.50 Å². The molecule has 102 valence electrons. The number of hydrogen-bond acceptors (Lipinski definition) is 3. The highest BCUT2D eigenvalue weighted by atomic mass is 19.1. The number of pyridine rings is 1. The van der Waals surface area contributed by atoms with E-state index in [-0.39, 0.29) is 5.82 Å². The lowest BCUT2D eigenvalue weighted by Crippen LogP contribution is -2.27. The molecule has 0 fully saturated rings. The minimum atomic E-state index is -0.609. The molecule has 0 spiro atoms. The molecule has 1 N–H and O–H groups in total. The Kier molecular flexibility index (Phi) is 6.83. The Bertz CT molecular complexity index is 323. The van der Waals surface area contributed by atoms with Gasteiger partial charge in [-0.3, -0.25) is 4.98 Å². The fourth-order valence-corrected chi connectivity index (χ4v) is 2.00. The van der Waals surface area contributed by atoms with Crippen LogP contribution in [-0.2, 0) is 0 Å². The standard InChI is InChI=1S/C14H23FN2O/c1-3-8-17(9-4-2)10-7-14(18)13-6-5-12(15)11-16-13/h5-6,11,14,18H,3-4,7-10H2,1-2H3. The molecule has 0 amide bonds. The van der Waals surface area contributed by atoms with Crippen LogP contribution in [0.4, 0.5) is 4.39 Å². The molecule has 4 heteroatoms. The van der Waals surface area contributed by atoms with Gasteiger partial charge in [0.05, 0.1) is 18.0 Å². The Labute approximate surface area is 109 Å². The molecule has 0 bridgehead atoms. The number of aromatic nitrogens is 1. The highest BCUT2D eigenvalue weighted by molar-refractivity contribution is 5.07. The third kappa shape index (κ3) is 5.10. The van der Waals surface area contributed by atoms with Crippen molar-refractivity contribution in [2.24, 2.45) is 0 Å². The summed E-state index contributed by atoms with van der Waals surface area (Å²) >= 11 is 0. The minimum Gasteiger partial charge on any atom is -0.387 e. The van der Waals surface area contributed by atoms with Crippen LogP contribution in [0.15, 0.2) is 18.3 Å². The molecule has 0 aliphatic carbocycles. The van der Waals surface area contributed by atoms with E-state index in [1.165, 1.54) is 6.07 Å². The monoisotopic (exact) mass is 254 g/mol. The van der Waals surface area contributed by atoms with Crippen molar-refractivity contribution in [3.63, 3.8) is 0 Å². The van der Waals surface area contributed by atoms with Gasteiger partial charge in [0.25, 0.3) is 0 Å². The first kappa shape index (κ1) is 15.1. The van der Waals surface area contributed by atoms with Gasteiger partial charge in [0, 0.05) is 6.54 Å². The predicted octanol–water partition coefficient (Wildman–Crippen LogP) is 2.77. The van der Waals surface area contributed by atoms with Gasteiger partial charge in [0.15, 0.2) is 0 Å². The normalized spacial score (nSPS) is 12.9. The second kappa shape index (κ2) is 8.16. The van der Waals surface area contributed by atoms with Gasteiger partial charge in [-0.25, -0.2) is 4.39 Å². The quantitative estimate of drug-likeness (QED) is 0.775. The molecular weight excluding hydrogens is 231 g/mol. The zero-order valence-electron chi connectivity index (χ0n) is 11.3. The Hall–Kier alpha value is -1.00. The minimum absolute atomic E-state index is 0.371. The van der Waals surface area contributed by atoms with E-state index in [4.69, 9.17) is 0 Å². The van der Waals surface area contributed by atoms with E-state index in [0.717, 1.165) is 38.7 Å². The Balaban J connectivity index is 2.43. The molecule has 1 atom stereocenters. The van der Waals surface area contributed by atoms with Crippen molar-refractivity contribution in [1.29, 1.82) is 0 Å². The van der Waals surface area contributed by atoms with E-state index >= 15 is 0 Å². The van der Waals surface area contributed by atoms with Gasteiger partial charge in [-0.2, -0.15) is 0 Å². The average Bonchev–Trinajstić information content (AvgIpc) is 2.37. The number of rotatable bonds is 8. The lowest BCUT2D eigenvalue weighted by Gasteiger charge is -2.22. The van der Waals surface area contributed by atoms with Gasteiger partial charge in [-0.15, -0.1) is 0 Å². The Morgan fingerprint density at radius 2 is 1.89 bits per heavy atom. The molecule has 1 aromatic heterocycles. The van der Waals surface area contributed by atoms with Crippen LogP contribution in [0.25, 0.3) is 0 Å². The third-order valence-electron chi connectivity index (χ3n) is 2.89.